The Hall–Kier alpha value is -1.22. The van der Waals surface area contributed by atoms with Crippen molar-refractivity contribution in [1.82, 2.24) is 0 Å². The zero-order chi connectivity index (χ0) is 19.7. The Kier molecular flexibility index (Phi) is 6.20. The lowest BCUT2D eigenvalue weighted by molar-refractivity contribution is -0.239. The number of benzene rings is 2. The summed E-state index contributed by atoms with van der Waals surface area (Å²) in [5.41, 5.74) is 1.25. The van der Waals surface area contributed by atoms with E-state index >= 15 is 0 Å². The second-order valence-electron chi connectivity index (χ2n) is 6.67. The van der Waals surface area contributed by atoms with Gasteiger partial charge in [-0.25, -0.2) is 0 Å². The number of hydrogen-bond acceptors (Lipinski definition) is 6. The van der Waals surface area contributed by atoms with Crippen molar-refractivity contribution in [1.29, 1.82) is 0 Å². The Morgan fingerprint density at radius 3 is 2.00 bits per heavy atom. The Balaban J connectivity index is 1.60. The molecule has 0 bridgehead atoms. The molecule has 6 atom stereocenters. The van der Waals surface area contributed by atoms with Gasteiger partial charge >= 0.3 is 0 Å². The lowest BCUT2D eigenvalue weighted by Crippen LogP contribution is -2.49. The second-order valence-corrected chi connectivity index (χ2v) is 7.48. The first-order valence-electron chi connectivity index (χ1n) is 8.94. The van der Waals surface area contributed by atoms with E-state index in [1.54, 1.807) is 36.4 Å². The third kappa shape index (κ3) is 3.92. The number of fused-ring (bicyclic) bond motifs is 1. The molecular formula is C20H20Cl2O6. The number of rotatable bonds is 3. The summed E-state index contributed by atoms with van der Waals surface area (Å²) in [5, 5.41) is 21.5. The van der Waals surface area contributed by atoms with Crippen molar-refractivity contribution in [3.05, 3.63) is 69.7 Å². The summed E-state index contributed by atoms with van der Waals surface area (Å²) in [6, 6.07) is 14.2. The van der Waals surface area contributed by atoms with Gasteiger partial charge in [-0.3, -0.25) is 0 Å². The Bertz CT molecular complexity index is 819. The highest BCUT2D eigenvalue weighted by Gasteiger charge is 2.48. The van der Waals surface area contributed by atoms with Crippen LogP contribution in [0.15, 0.2) is 48.5 Å². The molecule has 0 aliphatic carbocycles. The molecule has 2 aliphatic heterocycles. The standard InChI is InChI=1S/C20H20Cl2O6/c21-13-7-3-1-5-11(13)19-25-10-15(24)17-18(16(9-23)26-19)28-20(27-17)12-6-2-4-8-14(12)22/h1-8,15-20,23-24H,9-10H2/t15-,16+,17-,18-,19?,20?/m0/s1. The first kappa shape index (κ1) is 20.1. The van der Waals surface area contributed by atoms with Crippen LogP contribution in [-0.2, 0) is 18.9 Å². The monoisotopic (exact) mass is 426 g/mol. The third-order valence-electron chi connectivity index (χ3n) is 4.85. The van der Waals surface area contributed by atoms with E-state index in [0.717, 1.165) is 0 Å². The van der Waals surface area contributed by atoms with Crippen LogP contribution >= 0.6 is 23.2 Å². The number of halogens is 2. The summed E-state index contributed by atoms with van der Waals surface area (Å²) in [4.78, 5) is 0. The van der Waals surface area contributed by atoms with Crippen LogP contribution in [0.3, 0.4) is 0 Å². The van der Waals surface area contributed by atoms with Gasteiger partial charge in [-0.1, -0.05) is 59.6 Å². The molecule has 4 rings (SSSR count). The van der Waals surface area contributed by atoms with Gasteiger partial charge in [0.15, 0.2) is 12.6 Å². The number of hydrogen-bond donors (Lipinski definition) is 2. The van der Waals surface area contributed by atoms with E-state index in [4.69, 9.17) is 42.1 Å². The maximum Gasteiger partial charge on any atom is 0.186 e. The Morgan fingerprint density at radius 2 is 1.39 bits per heavy atom. The van der Waals surface area contributed by atoms with Gasteiger partial charge in [0, 0.05) is 21.2 Å². The summed E-state index contributed by atoms with van der Waals surface area (Å²) in [6.07, 6.45) is -4.88. The molecule has 6 nitrogen and oxygen atoms in total. The first-order valence-corrected chi connectivity index (χ1v) is 9.70. The van der Waals surface area contributed by atoms with E-state index in [1.807, 2.05) is 12.1 Å². The van der Waals surface area contributed by atoms with Crippen LogP contribution in [0.2, 0.25) is 10.0 Å². The van der Waals surface area contributed by atoms with Gasteiger partial charge in [0.25, 0.3) is 0 Å². The third-order valence-corrected chi connectivity index (χ3v) is 5.53. The molecule has 0 amide bonds. The van der Waals surface area contributed by atoms with Gasteiger partial charge in [-0.15, -0.1) is 0 Å². The lowest BCUT2D eigenvalue weighted by atomic mass is 10.0. The maximum atomic E-state index is 10.6. The zero-order valence-corrected chi connectivity index (χ0v) is 16.3. The highest BCUT2D eigenvalue weighted by atomic mass is 35.5. The van der Waals surface area contributed by atoms with Crippen LogP contribution in [0.5, 0.6) is 0 Å². The summed E-state index contributed by atoms with van der Waals surface area (Å²) in [5.74, 6) is 0. The largest absolute Gasteiger partial charge is 0.394 e. The Morgan fingerprint density at radius 1 is 0.821 bits per heavy atom. The molecule has 28 heavy (non-hydrogen) atoms. The van der Waals surface area contributed by atoms with Crippen LogP contribution in [0.1, 0.15) is 23.7 Å². The fourth-order valence-corrected chi connectivity index (χ4v) is 3.88. The molecular weight excluding hydrogens is 407 g/mol. The highest BCUT2D eigenvalue weighted by Crippen LogP contribution is 2.40. The van der Waals surface area contributed by atoms with Crippen LogP contribution in [0.4, 0.5) is 0 Å². The topological polar surface area (TPSA) is 77.4 Å². The fraction of sp³-hybridized carbons (Fsp3) is 0.400. The van der Waals surface area contributed by atoms with Gasteiger partial charge in [0.05, 0.1) is 13.2 Å². The summed E-state index contributed by atoms with van der Waals surface area (Å²) < 4.78 is 23.7. The number of aliphatic hydroxyl groups is 2. The predicted molar refractivity (Wildman–Crippen MR) is 102 cm³/mol. The minimum atomic E-state index is -0.986. The van der Waals surface area contributed by atoms with Crippen molar-refractivity contribution in [3.63, 3.8) is 0 Å². The van der Waals surface area contributed by atoms with Crippen molar-refractivity contribution in [2.45, 2.75) is 37.0 Å². The van der Waals surface area contributed by atoms with Gasteiger partial charge in [-0.05, 0) is 12.1 Å². The average Bonchev–Trinajstić information content (AvgIpc) is 3.12. The van der Waals surface area contributed by atoms with Gasteiger partial charge < -0.3 is 29.2 Å². The summed E-state index contributed by atoms with van der Waals surface area (Å²) in [7, 11) is 0. The lowest BCUT2D eigenvalue weighted by Gasteiger charge is -2.34. The molecule has 2 fully saturated rings. The van der Waals surface area contributed by atoms with Crippen molar-refractivity contribution in [3.8, 4) is 0 Å². The fourth-order valence-electron chi connectivity index (χ4n) is 3.43. The van der Waals surface area contributed by atoms with E-state index in [-0.39, 0.29) is 13.2 Å². The van der Waals surface area contributed by atoms with Crippen LogP contribution < -0.4 is 0 Å². The van der Waals surface area contributed by atoms with E-state index in [0.29, 0.717) is 21.2 Å². The van der Waals surface area contributed by atoms with E-state index in [2.05, 4.69) is 0 Å². The van der Waals surface area contributed by atoms with Crippen molar-refractivity contribution < 1.29 is 29.2 Å². The number of ether oxygens (including phenoxy) is 4. The molecule has 2 aromatic carbocycles. The van der Waals surface area contributed by atoms with Crippen LogP contribution in [0, 0.1) is 0 Å². The highest BCUT2D eigenvalue weighted by molar-refractivity contribution is 6.31. The molecule has 0 spiro atoms. The molecule has 2 unspecified atom stereocenters. The predicted octanol–water partition coefficient (Wildman–Crippen LogP) is 3.24. The van der Waals surface area contributed by atoms with E-state index in [1.165, 1.54) is 0 Å². The van der Waals surface area contributed by atoms with Crippen molar-refractivity contribution in [2.24, 2.45) is 0 Å². The van der Waals surface area contributed by atoms with Crippen molar-refractivity contribution in [2.75, 3.05) is 13.2 Å². The number of aliphatic hydroxyl groups excluding tert-OH is 2. The smallest absolute Gasteiger partial charge is 0.186 e. The summed E-state index contributed by atoms with van der Waals surface area (Å²) >= 11 is 12.5. The van der Waals surface area contributed by atoms with Gasteiger partial charge in [0.1, 0.15) is 24.4 Å². The molecule has 0 aromatic heterocycles. The van der Waals surface area contributed by atoms with E-state index < -0.39 is 37.0 Å². The SMILES string of the molecule is OC[C@H]1OC(c2ccccc2Cl)OC[C@H](O)[C@@H]2OC(c3ccccc3Cl)O[C@H]21. The molecule has 2 aromatic rings. The van der Waals surface area contributed by atoms with E-state index in [9.17, 15) is 10.2 Å². The van der Waals surface area contributed by atoms with Gasteiger partial charge in [0.2, 0.25) is 0 Å². The van der Waals surface area contributed by atoms with Crippen molar-refractivity contribution >= 4 is 23.2 Å². The minimum Gasteiger partial charge on any atom is -0.394 e. The molecule has 2 aliphatic rings. The zero-order valence-electron chi connectivity index (χ0n) is 14.8. The molecule has 2 N–H and O–H groups in total. The van der Waals surface area contributed by atoms with Crippen LogP contribution in [0.25, 0.3) is 0 Å². The minimum absolute atomic E-state index is 0.0478. The molecule has 2 heterocycles. The van der Waals surface area contributed by atoms with Crippen LogP contribution in [-0.4, -0.2) is 47.8 Å². The molecule has 0 radical (unpaired) electrons. The summed E-state index contributed by atoms with van der Waals surface area (Å²) in [6.45, 7) is -0.398. The molecule has 2 saturated heterocycles. The first-order chi connectivity index (χ1) is 13.6. The normalized spacial score (nSPS) is 33.1. The molecule has 150 valence electrons. The quantitative estimate of drug-likeness (QED) is 0.784. The Labute approximate surface area is 172 Å². The second kappa shape index (κ2) is 8.65. The van der Waals surface area contributed by atoms with Gasteiger partial charge in [-0.2, -0.15) is 0 Å². The average molecular weight is 427 g/mol. The molecule has 8 heteroatoms. The molecule has 0 saturated carbocycles. The maximum absolute atomic E-state index is 10.6.